The van der Waals surface area contributed by atoms with Crippen LogP contribution in [0, 0.1) is 24.1 Å². The van der Waals surface area contributed by atoms with E-state index in [1.54, 1.807) is 18.3 Å². The van der Waals surface area contributed by atoms with Gasteiger partial charge in [-0.15, -0.1) is 0 Å². The third kappa shape index (κ3) is 6.32. The van der Waals surface area contributed by atoms with Gasteiger partial charge in [0.05, 0.1) is 40.2 Å². The first-order valence-electron chi connectivity index (χ1n) is 13.8. The predicted molar refractivity (Wildman–Crippen MR) is 151 cm³/mol. The van der Waals surface area contributed by atoms with Gasteiger partial charge in [0.15, 0.2) is 25.7 Å². The van der Waals surface area contributed by atoms with Crippen LogP contribution in [0.4, 0.5) is 17.6 Å². The van der Waals surface area contributed by atoms with Gasteiger partial charge in [-0.25, -0.2) is 14.1 Å². The van der Waals surface area contributed by atoms with E-state index in [1.807, 2.05) is 0 Å². The fourth-order valence-corrected chi connectivity index (χ4v) is 6.37. The number of halogens is 4. The molecule has 0 bridgehead atoms. The summed E-state index contributed by atoms with van der Waals surface area (Å²) in [6.07, 6.45) is 1.55. The second kappa shape index (κ2) is 11.3. The van der Waals surface area contributed by atoms with Gasteiger partial charge >= 0.3 is 6.18 Å². The van der Waals surface area contributed by atoms with E-state index in [0.717, 1.165) is 17.5 Å². The molecule has 0 amide bonds. The van der Waals surface area contributed by atoms with Crippen molar-refractivity contribution in [1.82, 2.24) is 19.7 Å². The molecule has 4 rings (SSSR count). The zero-order valence-electron chi connectivity index (χ0n) is 24.6. The Hall–Kier alpha value is -3.43. The number of ketones is 1. The average molecular weight is 602 g/mol. The number of nitriles is 1. The topological polar surface area (TPSA) is 93.7 Å². The number of nitrogens with zero attached hydrogens (tertiary/aromatic N) is 5. The maximum absolute atomic E-state index is 14.5. The summed E-state index contributed by atoms with van der Waals surface area (Å²) >= 11 is 0. The zero-order chi connectivity index (χ0) is 31.1. The van der Waals surface area contributed by atoms with Crippen LogP contribution in [0.5, 0.6) is 0 Å². The lowest BCUT2D eigenvalue weighted by Crippen LogP contribution is -2.46. The lowest BCUT2D eigenvalue weighted by molar-refractivity contribution is -0.138. The molecule has 42 heavy (non-hydrogen) atoms. The minimum Gasteiger partial charge on any atom is -0.414 e. The fourth-order valence-electron chi connectivity index (χ4n) is 4.95. The van der Waals surface area contributed by atoms with Crippen molar-refractivity contribution in [2.24, 2.45) is 0 Å². The number of hydrogen-bond donors (Lipinski definition) is 0. The highest BCUT2D eigenvalue weighted by atomic mass is 28.4. The molecule has 12 heteroatoms. The molecule has 1 saturated carbocycles. The van der Waals surface area contributed by atoms with E-state index in [9.17, 15) is 27.6 Å². The molecule has 0 aliphatic heterocycles. The summed E-state index contributed by atoms with van der Waals surface area (Å²) in [6.45, 7) is 12.6. The molecule has 1 fully saturated rings. The predicted octanol–water partition coefficient (Wildman–Crippen LogP) is 7.28. The van der Waals surface area contributed by atoms with Crippen molar-refractivity contribution in [3.63, 3.8) is 0 Å². The molecule has 0 spiro atoms. The summed E-state index contributed by atoms with van der Waals surface area (Å²) < 4.78 is 60.7. The van der Waals surface area contributed by atoms with Crippen LogP contribution in [0.3, 0.4) is 0 Å². The molecule has 3 aromatic rings. The summed E-state index contributed by atoms with van der Waals surface area (Å²) in [5.41, 5.74) is -0.208. The minimum absolute atomic E-state index is 0.0231. The third-order valence-electron chi connectivity index (χ3n) is 8.61. The maximum Gasteiger partial charge on any atom is 0.417 e. The molecule has 0 aromatic carbocycles. The van der Waals surface area contributed by atoms with Crippen LogP contribution in [0.15, 0.2) is 36.8 Å². The summed E-state index contributed by atoms with van der Waals surface area (Å²) in [4.78, 5) is 21.2. The van der Waals surface area contributed by atoms with Gasteiger partial charge in [-0.2, -0.15) is 23.5 Å². The Morgan fingerprint density at radius 3 is 2.33 bits per heavy atom. The van der Waals surface area contributed by atoms with Crippen LogP contribution in [-0.4, -0.2) is 40.0 Å². The Morgan fingerprint density at radius 1 is 1.14 bits per heavy atom. The first-order chi connectivity index (χ1) is 19.5. The third-order valence-corrected chi connectivity index (χ3v) is 13.1. The van der Waals surface area contributed by atoms with Crippen molar-refractivity contribution in [2.75, 3.05) is 0 Å². The molecule has 224 valence electrons. The second-order valence-electron chi connectivity index (χ2n) is 12.5. The highest BCUT2D eigenvalue weighted by Crippen LogP contribution is 2.43. The number of carbonyl (C=O) groups is 1. The number of hydrogen-bond acceptors (Lipinski definition) is 6. The maximum atomic E-state index is 14.5. The van der Waals surface area contributed by atoms with Crippen molar-refractivity contribution in [3.05, 3.63) is 70.7 Å². The monoisotopic (exact) mass is 601 g/mol. The molecule has 3 aromatic heterocycles. The smallest absolute Gasteiger partial charge is 0.414 e. The second-order valence-corrected chi connectivity index (χ2v) is 17.3. The van der Waals surface area contributed by atoms with Gasteiger partial charge in [0.1, 0.15) is 0 Å². The summed E-state index contributed by atoms with van der Waals surface area (Å²) in [7, 11) is -1.91. The SMILES string of the molecule is Cc1c(C(=O)Cc2ccc(C3(C#N)CCC(O[Si](C)(C)C(C)(C)C)CC3)nc2)cnn1-c1ncc(C(F)(F)F)cc1F. The molecule has 3 heterocycles. The highest BCUT2D eigenvalue weighted by Gasteiger charge is 2.43. The number of rotatable bonds is 7. The molecule has 7 nitrogen and oxygen atoms in total. The number of aromatic nitrogens is 4. The Morgan fingerprint density at radius 2 is 1.81 bits per heavy atom. The van der Waals surface area contributed by atoms with Crippen LogP contribution in [-0.2, 0) is 22.4 Å². The van der Waals surface area contributed by atoms with Gasteiger partial charge < -0.3 is 4.43 Å². The van der Waals surface area contributed by atoms with Gasteiger partial charge in [0.25, 0.3) is 0 Å². The van der Waals surface area contributed by atoms with Gasteiger partial charge in [-0.1, -0.05) is 26.8 Å². The van der Waals surface area contributed by atoms with E-state index in [-0.39, 0.29) is 34.6 Å². The van der Waals surface area contributed by atoms with Crippen molar-refractivity contribution < 1.29 is 26.8 Å². The van der Waals surface area contributed by atoms with Crippen molar-refractivity contribution in [1.29, 1.82) is 5.26 Å². The lowest BCUT2D eigenvalue weighted by atomic mass is 9.72. The van der Waals surface area contributed by atoms with E-state index in [2.05, 4.69) is 55.0 Å². The van der Waals surface area contributed by atoms with Gasteiger partial charge in [-0.05, 0) is 68.4 Å². The van der Waals surface area contributed by atoms with E-state index < -0.39 is 37.1 Å². The van der Waals surface area contributed by atoms with Crippen LogP contribution in [0.1, 0.15) is 79.3 Å². The van der Waals surface area contributed by atoms with Gasteiger partial charge in [0.2, 0.25) is 0 Å². The van der Waals surface area contributed by atoms with E-state index >= 15 is 0 Å². The van der Waals surface area contributed by atoms with Gasteiger partial charge in [-0.3, -0.25) is 9.78 Å². The number of alkyl halides is 3. The normalized spacial score (nSPS) is 19.9. The fraction of sp³-hybridized carbons (Fsp3) is 0.500. The molecule has 0 N–H and O–H groups in total. The Kier molecular flexibility index (Phi) is 8.50. The molecule has 0 unspecified atom stereocenters. The largest absolute Gasteiger partial charge is 0.417 e. The van der Waals surface area contributed by atoms with Crippen LogP contribution < -0.4 is 0 Å². The molecule has 1 aliphatic carbocycles. The Bertz CT molecular complexity index is 1500. The summed E-state index contributed by atoms with van der Waals surface area (Å²) in [5, 5.41) is 14.2. The molecule has 0 atom stereocenters. The van der Waals surface area contributed by atoms with Crippen LogP contribution >= 0.6 is 0 Å². The Balaban J connectivity index is 1.44. The number of carbonyl (C=O) groups excluding carboxylic acids is 1. The van der Waals surface area contributed by atoms with Crippen molar-refractivity contribution >= 4 is 14.1 Å². The standard InChI is InChI=1S/C30H35F4N5O2Si/c1-19-23(17-38-39(19)27-24(31)14-21(16-37-27)30(32,33)34)25(40)13-20-7-8-26(36-15-20)29(18-35)11-9-22(10-12-29)41-42(5,6)28(2,3)4/h7-8,14-17,22H,9-13H2,1-6H3. The van der Waals surface area contributed by atoms with Crippen molar-refractivity contribution in [3.8, 4) is 11.9 Å². The zero-order valence-corrected chi connectivity index (χ0v) is 25.6. The van der Waals surface area contributed by atoms with E-state index in [4.69, 9.17) is 4.43 Å². The quantitative estimate of drug-likeness (QED) is 0.161. The molecule has 1 aliphatic rings. The molecule has 0 saturated heterocycles. The highest BCUT2D eigenvalue weighted by molar-refractivity contribution is 6.74. The summed E-state index contributed by atoms with van der Waals surface area (Å²) in [5.74, 6) is -1.96. The summed E-state index contributed by atoms with van der Waals surface area (Å²) in [6, 6.07) is 6.40. The average Bonchev–Trinajstić information content (AvgIpc) is 3.29. The first-order valence-corrected chi connectivity index (χ1v) is 16.7. The van der Waals surface area contributed by atoms with E-state index in [0.29, 0.717) is 36.4 Å². The van der Waals surface area contributed by atoms with Crippen molar-refractivity contribution in [2.45, 2.75) is 95.6 Å². The molecule has 0 radical (unpaired) electrons. The van der Waals surface area contributed by atoms with Crippen LogP contribution in [0.25, 0.3) is 5.82 Å². The van der Waals surface area contributed by atoms with Crippen LogP contribution in [0.2, 0.25) is 18.1 Å². The van der Waals surface area contributed by atoms with E-state index in [1.165, 1.54) is 13.1 Å². The Labute approximate surface area is 244 Å². The first kappa shape index (κ1) is 31.5. The van der Waals surface area contributed by atoms with Gasteiger partial charge in [0, 0.05) is 24.9 Å². The molecular weight excluding hydrogens is 566 g/mol. The number of Topliss-reactive ketones (excluding diaryl/α,β-unsaturated/α-hetero) is 1. The minimum atomic E-state index is -4.73. The molecular formula is C30H35F4N5O2Si. The number of pyridine rings is 2. The lowest BCUT2D eigenvalue weighted by Gasteiger charge is -2.42.